The predicted molar refractivity (Wildman–Crippen MR) is 99.0 cm³/mol. The first-order valence-corrected chi connectivity index (χ1v) is 8.60. The number of hydrogen-bond donors (Lipinski definition) is 1. The number of carbonyl (C=O) groups is 1. The van der Waals surface area contributed by atoms with Crippen LogP contribution in [-0.2, 0) is 11.8 Å². The zero-order valence-electron chi connectivity index (χ0n) is 15.0. The van der Waals surface area contributed by atoms with Gasteiger partial charge in [-0.05, 0) is 38.3 Å². The van der Waals surface area contributed by atoms with E-state index in [-0.39, 0.29) is 17.4 Å². The average Bonchev–Trinajstić information content (AvgIpc) is 2.60. The summed E-state index contributed by atoms with van der Waals surface area (Å²) in [4.78, 5) is 26.6. The number of nitrogens with zero attached hydrogens (tertiary/aromatic N) is 3. The molecule has 0 aliphatic carbocycles. The first-order chi connectivity index (χ1) is 11.9. The molecule has 3 rings (SSSR count). The van der Waals surface area contributed by atoms with Crippen LogP contribution in [0.1, 0.15) is 24.0 Å². The van der Waals surface area contributed by atoms with Crippen molar-refractivity contribution in [3.63, 3.8) is 0 Å². The van der Waals surface area contributed by atoms with Crippen LogP contribution in [-0.4, -0.2) is 28.8 Å². The van der Waals surface area contributed by atoms with E-state index in [0.29, 0.717) is 6.54 Å². The number of nitrogens with one attached hydrogen (secondary N) is 1. The van der Waals surface area contributed by atoms with Crippen LogP contribution in [0.2, 0.25) is 0 Å². The highest BCUT2D eigenvalue weighted by Gasteiger charge is 2.26. The van der Waals surface area contributed by atoms with Crippen molar-refractivity contribution in [1.82, 2.24) is 9.78 Å². The molecule has 132 valence electrons. The number of rotatable bonds is 3. The van der Waals surface area contributed by atoms with Crippen molar-refractivity contribution in [3.05, 3.63) is 51.9 Å². The Kier molecular flexibility index (Phi) is 4.88. The van der Waals surface area contributed by atoms with Gasteiger partial charge in [-0.3, -0.25) is 9.59 Å². The van der Waals surface area contributed by atoms with E-state index >= 15 is 0 Å². The molecule has 1 aromatic carbocycles. The van der Waals surface area contributed by atoms with Gasteiger partial charge in [-0.25, -0.2) is 4.68 Å². The molecule has 6 nitrogen and oxygen atoms in total. The summed E-state index contributed by atoms with van der Waals surface area (Å²) in [5, 5.41) is 7.13. The van der Waals surface area contributed by atoms with E-state index in [2.05, 4.69) is 21.4 Å². The molecule has 2 heterocycles. The largest absolute Gasteiger partial charge is 0.369 e. The minimum atomic E-state index is -0.139. The molecule has 1 aromatic heterocycles. The number of amides is 1. The number of aromatic nitrogens is 2. The van der Waals surface area contributed by atoms with Crippen LogP contribution in [0.15, 0.2) is 35.3 Å². The molecule has 0 spiro atoms. The number of anilines is 2. The van der Waals surface area contributed by atoms with Crippen molar-refractivity contribution in [1.29, 1.82) is 0 Å². The summed E-state index contributed by atoms with van der Waals surface area (Å²) >= 11 is 0. The highest BCUT2D eigenvalue weighted by Crippen LogP contribution is 2.24. The van der Waals surface area contributed by atoms with Crippen LogP contribution in [0.25, 0.3) is 0 Å². The maximum atomic E-state index is 12.7. The Bertz CT molecular complexity index is 844. The van der Waals surface area contributed by atoms with Crippen molar-refractivity contribution < 1.29 is 4.79 Å². The fraction of sp³-hybridized carbons (Fsp3) is 0.421. The van der Waals surface area contributed by atoms with E-state index in [9.17, 15) is 9.59 Å². The van der Waals surface area contributed by atoms with Gasteiger partial charge in [0.1, 0.15) is 0 Å². The zero-order chi connectivity index (χ0) is 18.0. The first kappa shape index (κ1) is 17.2. The summed E-state index contributed by atoms with van der Waals surface area (Å²) in [6.07, 6.45) is 3.46. The lowest BCUT2D eigenvalue weighted by atomic mass is 9.96. The summed E-state index contributed by atoms with van der Waals surface area (Å²) in [5.74, 6) is -0.0630. The van der Waals surface area contributed by atoms with E-state index in [4.69, 9.17) is 0 Å². The summed E-state index contributed by atoms with van der Waals surface area (Å²) < 4.78 is 1.30. The maximum absolute atomic E-state index is 12.7. The lowest BCUT2D eigenvalue weighted by molar-refractivity contribution is -0.120. The number of carbonyl (C=O) groups excluding carboxylic acids is 1. The molecule has 6 heteroatoms. The summed E-state index contributed by atoms with van der Waals surface area (Å²) in [7, 11) is 1.63. The molecule has 1 aliphatic heterocycles. The molecule has 2 aromatic rings. The van der Waals surface area contributed by atoms with Crippen molar-refractivity contribution in [3.8, 4) is 0 Å². The highest BCUT2D eigenvalue weighted by molar-refractivity contribution is 5.93. The Morgan fingerprint density at radius 2 is 2.08 bits per heavy atom. The van der Waals surface area contributed by atoms with Gasteiger partial charge >= 0.3 is 0 Å². The Hall–Kier alpha value is -2.63. The third kappa shape index (κ3) is 3.90. The maximum Gasteiger partial charge on any atom is 0.268 e. The predicted octanol–water partition coefficient (Wildman–Crippen LogP) is 2.25. The summed E-state index contributed by atoms with van der Waals surface area (Å²) in [6.45, 7) is 5.48. The van der Waals surface area contributed by atoms with E-state index in [1.165, 1.54) is 10.2 Å². The van der Waals surface area contributed by atoms with Gasteiger partial charge in [0.15, 0.2) is 0 Å². The molecular weight excluding hydrogens is 316 g/mol. The average molecular weight is 340 g/mol. The number of piperidine rings is 1. The molecule has 1 aliphatic rings. The molecule has 1 atom stereocenters. The topological polar surface area (TPSA) is 67.2 Å². The fourth-order valence-electron chi connectivity index (χ4n) is 3.25. The van der Waals surface area contributed by atoms with Gasteiger partial charge in [0.25, 0.3) is 5.56 Å². The van der Waals surface area contributed by atoms with E-state index in [0.717, 1.165) is 36.3 Å². The smallest absolute Gasteiger partial charge is 0.268 e. The Balaban J connectivity index is 1.71. The van der Waals surface area contributed by atoms with Gasteiger partial charge in [-0.15, -0.1) is 0 Å². The number of aryl methyl sites for hydroxylation is 3. The van der Waals surface area contributed by atoms with Crippen molar-refractivity contribution in [2.45, 2.75) is 26.7 Å². The Labute approximate surface area is 147 Å². The summed E-state index contributed by atoms with van der Waals surface area (Å²) in [5.41, 5.74) is 3.75. The van der Waals surface area contributed by atoms with E-state index in [1.807, 2.05) is 26.0 Å². The minimum absolute atomic E-state index is 0.0356. The van der Waals surface area contributed by atoms with Crippen LogP contribution < -0.4 is 15.8 Å². The normalized spacial score (nSPS) is 17.4. The van der Waals surface area contributed by atoms with Crippen LogP contribution in [0.3, 0.4) is 0 Å². The monoisotopic (exact) mass is 340 g/mol. The minimum Gasteiger partial charge on any atom is -0.369 e. The van der Waals surface area contributed by atoms with Crippen LogP contribution in [0.5, 0.6) is 0 Å². The highest BCUT2D eigenvalue weighted by atomic mass is 16.2. The fourth-order valence-corrected chi connectivity index (χ4v) is 3.25. The zero-order valence-corrected chi connectivity index (χ0v) is 15.0. The van der Waals surface area contributed by atoms with Gasteiger partial charge in [-0.1, -0.05) is 17.7 Å². The van der Waals surface area contributed by atoms with Gasteiger partial charge < -0.3 is 10.2 Å². The Morgan fingerprint density at radius 1 is 1.28 bits per heavy atom. The van der Waals surface area contributed by atoms with Gasteiger partial charge in [0.2, 0.25) is 5.91 Å². The van der Waals surface area contributed by atoms with Crippen molar-refractivity contribution in [2.24, 2.45) is 13.0 Å². The van der Waals surface area contributed by atoms with Crippen LogP contribution >= 0.6 is 0 Å². The quantitative estimate of drug-likeness (QED) is 0.931. The SMILES string of the molecule is Cc1ccc(NC(=O)[C@@H]2CCCN(c3cnn(C)c(=O)c3)C2)c(C)c1. The van der Waals surface area contributed by atoms with Gasteiger partial charge in [0, 0.05) is 31.9 Å². The van der Waals surface area contributed by atoms with E-state index < -0.39 is 0 Å². The van der Waals surface area contributed by atoms with Crippen molar-refractivity contribution >= 4 is 17.3 Å². The second-order valence-electron chi connectivity index (χ2n) is 6.77. The molecule has 25 heavy (non-hydrogen) atoms. The summed E-state index contributed by atoms with van der Waals surface area (Å²) in [6, 6.07) is 7.60. The third-order valence-electron chi connectivity index (χ3n) is 4.75. The molecular formula is C19H24N4O2. The van der Waals surface area contributed by atoms with Crippen LogP contribution in [0, 0.1) is 19.8 Å². The molecule has 1 amide bonds. The second-order valence-corrected chi connectivity index (χ2v) is 6.77. The number of benzene rings is 1. The lowest BCUT2D eigenvalue weighted by Gasteiger charge is -2.33. The lowest BCUT2D eigenvalue weighted by Crippen LogP contribution is -2.41. The molecule has 0 unspecified atom stereocenters. The van der Waals surface area contributed by atoms with Crippen LogP contribution in [0.4, 0.5) is 11.4 Å². The molecule has 0 radical (unpaired) electrons. The molecule has 1 fully saturated rings. The molecule has 0 bridgehead atoms. The molecule has 0 saturated carbocycles. The Morgan fingerprint density at radius 3 is 2.80 bits per heavy atom. The second kappa shape index (κ2) is 7.09. The first-order valence-electron chi connectivity index (χ1n) is 8.60. The third-order valence-corrected chi connectivity index (χ3v) is 4.75. The molecule has 1 saturated heterocycles. The van der Waals surface area contributed by atoms with Gasteiger partial charge in [0.05, 0.1) is 17.8 Å². The van der Waals surface area contributed by atoms with Gasteiger partial charge in [-0.2, -0.15) is 5.10 Å². The van der Waals surface area contributed by atoms with E-state index in [1.54, 1.807) is 19.3 Å². The van der Waals surface area contributed by atoms with Crippen molar-refractivity contribution in [2.75, 3.05) is 23.3 Å². The number of hydrogen-bond acceptors (Lipinski definition) is 4. The standard InChI is InChI=1S/C19H24N4O2/c1-13-6-7-17(14(2)9-13)21-19(25)15-5-4-8-23(12-15)16-10-18(24)22(3)20-11-16/h6-7,9-11,15H,4-5,8,12H2,1-3H3,(H,21,25)/t15-/m1/s1. The molecule has 1 N–H and O–H groups in total.